The number of rotatable bonds is 4. The summed E-state index contributed by atoms with van der Waals surface area (Å²) >= 11 is 0. The van der Waals surface area contributed by atoms with E-state index in [9.17, 15) is 9.60 Å². The van der Waals surface area contributed by atoms with Crippen molar-refractivity contribution in [1.82, 2.24) is 4.57 Å². The molecule has 0 unspecified atom stereocenters. The van der Waals surface area contributed by atoms with Gasteiger partial charge in [-0.15, -0.1) is 0 Å². The van der Waals surface area contributed by atoms with Gasteiger partial charge >= 0.3 is 0 Å². The van der Waals surface area contributed by atoms with Gasteiger partial charge in [0.25, 0.3) is 0 Å². The third-order valence-electron chi connectivity index (χ3n) is 11.2. The molecule has 13 aromatic rings. The molecule has 0 amide bonds. The van der Waals surface area contributed by atoms with Crippen molar-refractivity contribution < 1.29 is 23.3 Å². The molecular formula is C56H33N. The number of aromatic nitrogens is 1. The van der Waals surface area contributed by atoms with Gasteiger partial charge in [0.1, 0.15) is 0 Å². The predicted octanol–water partition coefficient (Wildman–Crippen LogP) is 15.6. The van der Waals surface area contributed by atoms with E-state index < -0.39 is 90.6 Å². The Morgan fingerprint density at radius 3 is 1.54 bits per heavy atom. The average molecular weight is 737 g/mol. The van der Waals surface area contributed by atoms with Crippen molar-refractivity contribution >= 4 is 86.4 Å². The first-order chi connectivity index (χ1) is 35.3. The predicted molar refractivity (Wildman–Crippen MR) is 244 cm³/mol. The fraction of sp³-hybridized carbons (Fsp3) is 0. The van der Waals surface area contributed by atoms with Gasteiger partial charge in [-0.05, 0) is 147 Å². The molecular weight excluding hydrogens is 687 g/mol. The number of hydrogen-bond acceptors (Lipinski definition) is 0. The van der Waals surface area contributed by atoms with Crippen LogP contribution in [0.1, 0.15) is 23.3 Å². The lowest BCUT2D eigenvalue weighted by Crippen LogP contribution is -1.93. The molecule has 13 rings (SSSR count). The van der Waals surface area contributed by atoms with Crippen molar-refractivity contribution in [1.29, 1.82) is 0 Å². The molecule has 0 saturated heterocycles. The van der Waals surface area contributed by atoms with Crippen molar-refractivity contribution in [3.05, 3.63) is 200 Å². The smallest absolute Gasteiger partial charge is 0.0630 e. The molecule has 57 heavy (non-hydrogen) atoms. The molecule has 0 spiro atoms. The molecule has 0 radical (unpaired) electrons. The fourth-order valence-corrected chi connectivity index (χ4v) is 8.73. The molecule has 0 fully saturated rings. The number of para-hydroxylation sites is 2. The summed E-state index contributed by atoms with van der Waals surface area (Å²) in [6.07, 6.45) is 0. The second-order valence-corrected chi connectivity index (χ2v) is 14.3. The van der Waals surface area contributed by atoms with E-state index in [4.69, 9.17) is 13.7 Å². The molecule has 0 aliphatic rings. The van der Waals surface area contributed by atoms with E-state index in [-0.39, 0.29) is 99.0 Å². The van der Waals surface area contributed by atoms with Crippen LogP contribution in [0.2, 0.25) is 0 Å². The Hall–Kier alpha value is -7.48. The zero-order valence-corrected chi connectivity index (χ0v) is 29.7. The molecule has 0 aliphatic carbocycles. The highest BCUT2D eigenvalue weighted by atomic mass is 15.0. The Morgan fingerprint density at radius 2 is 0.842 bits per heavy atom. The fourth-order valence-electron chi connectivity index (χ4n) is 8.73. The maximum Gasteiger partial charge on any atom is 0.0630 e. The molecule has 0 atom stereocenters. The van der Waals surface area contributed by atoms with Crippen LogP contribution in [0, 0.1) is 0 Å². The van der Waals surface area contributed by atoms with Crippen LogP contribution in [0.15, 0.2) is 200 Å². The Labute approximate surface area is 352 Å². The number of nitrogens with zero attached hydrogens (tertiary/aromatic N) is 1. The van der Waals surface area contributed by atoms with Crippen molar-refractivity contribution in [2.24, 2.45) is 0 Å². The summed E-state index contributed by atoms with van der Waals surface area (Å²) in [4.78, 5) is 0. The summed E-state index contributed by atoms with van der Waals surface area (Å²) in [6.45, 7) is 0. The zero-order chi connectivity index (χ0) is 52.0. The van der Waals surface area contributed by atoms with Gasteiger partial charge in [-0.25, -0.2) is 0 Å². The lowest BCUT2D eigenvalue weighted by Gasteiger charge is -2.18. The van der Waals surface area contributed by atoms with Crippen LogP contribution in [0.4, 0.5) is 0 Å². The molecule has 1 nitrogen and oxygen atoms in total. The number of fused-ring (bicyclic) bond motifs is 3. The summed E-state index contributed by atoms with van der Waals surface area (Å²) in [5, 5.41) is 1.12. The molecule has 1 heterocycles. The third kappa shape index (κ3) is 4.40. The summed E-state index contributed by atoms with van der Waals surface area (Å²) in [6, 6.07) is 22.0. The Balaban J connectivity index is 1.21. The van der Waals surface area contributed by atoms with Gasteiger partial charge < -0.3 is 4.57 Å². The summed E-state index contributed by atoms with van der Waals surface area (Å²) in [5.41, 5.74) is 4.32. The van der Waals surface area contributed by atoms with Crippen molar-refractivity contribution in [3.63, 3.8) is 0 Å². The molecule has 1 heteroatoms. The second-order valence-electron chi connectivity index (χ2n) is 14.3. The van der Waals surface area contributed by atoms with Crippen LogP contribution >= 0.6 is 0 Å². The largest absolute Gasteiger partial charge is 0.309 e. The molecule has 0 bridgehead atoms. The van der Waals surface area contributed by atoms with Crippen molar-refractivity contribution in [3.8, 4) is 39.1 Å². The third-order valence-corrected chi connectivity index (χ3v) is 11.2. The number of hydrogen-bond donors (Lipinski definition) is 0. The van der Waals surface area contributed by atoms with Gasteiger partial charge in [0.15, 0.2) is 0 Å². The standard InChI is InChI=1S/C56H33N/c1-2-12-44(13-3-1)57-51-15-5-4-14-47(51)50-33-40(24-29-52(50)57)41-30-42(45-25-20-38-18-16-34-8-6-10-36-22-27-48(45)55(38)53(34)36)32-43(31-41)46-26-21-39-19-17-35-9-7-11-37-23-28-49(46)56(39)54(35)37/h1-33H/i6D,7D,8D,9D,10D,11D,16D,17D,18D,19D,20D,22D,23D,25D,26D,27D,28D. The topological polar surface area (TPSA) is 4.93 Å². The summed E-state index contributed by atoms with van der Waals surface area (Å²) < 4.78 is 158. The molecule has 262 valence electrons. The van der Waals surface area contributed by atoms with Crippen molar-refractivity contribution in [2.45, 2.75) is 0 Å². The van der Waals surface area contributed by atoms with Crippen LogP contribution in [-0.4, -0.2) is 4.57 Å². The van der Waals surface area contributed by atoms with E-state index in [2.05, 4.69) is 4.57 Å². The summed E-state index contributed by atoms with van der Waals surface area (Å²) in [5.74, 6) is 0. The SMILES string of the molecule is [2H]c1cc2c([2H])c([2H])c3c([2H])c([2H])c([2H])c4c([2H])c([2H])c(c1-c1cc(-c5ccc6c(c5)c5ccccc5n6-c5ccccc5)cc(-c5c([2H])c([2H])c6c([2H])c([2H])c7c([2H])c([2H])c([2H])c8c([2H])c([2H])c5c6c78)c1)c2c34. The van der Waals surface area contributed by atoms with E-state index in [1.165, 1.54) is 6.07 Å². The Kier molecular flexibility index (Phi) is 3.82. The van der Waals surface area contributed by atoms with E-state index in [0.29, 0.717) is 11.1 Å². The van der Waals surface area contributed by atoms with Gasteiger partial charge in [-0.1, -0.05) is 151 Å². The van der Waals surface area contributed by atoms with E-state index in [1.807, 2.05) is 72.8 Å². The maximum absolute atomic E-state index is 9.75. The van der Waals surface area contributed by atoms with E-state index >= 15 is 0 Å². The lowest BCUT2D eigenvalue weighted by molar-refractivity contribution is 1.18. The minimum absolute atomic E-state index is 0.000714. The molecule has 12 aromatic carbocycles. The molecule has 0 aliphatic heterocycles. The molecule has 0 N–H and O–H groups in total. The first-order valence-electron chi connectivity index (χ1n) is 27.0. The van der Waals surface area contributed by atoms with Crippen LogP contribution < -0.4 is 0 Å². The second kappa shape index (κ2) is 11.5. The highest BCUT2D eigenvalue weighted by Crippen LogP contribution is 2.45. The summed E-state index contributed by atoms with van der Waals surface area (Å²) in [7, 11) is 0. The minimum Gasteiger partial charge on any atom is -0.309 e. The monoisotopic (exact) mass is 736 g/mol. The Bertz CT molecular complexity index is 4690. The first-order valence-corrected chi connectivity index (χ1v) is 18.5. The lowest BCUT2D eigenvalue weighted by atomic mass is 9.86. The van der Waals surface area contributed by atoms with Gasteiger partial charge in [-0.3, -0.25) is 0 Å². The average Bonchev–Trinajstić information content (AvgIpc) is 3.74. The van der Waals surface area contributed by atoms with E-state index in [0.717, 1.165) is 27.5 Å². The van der Waals surface area contributed by atoms with Gasteiger partial charge in [-0.2, -0.15) is 0 Å². The highest BCUT2D eigenvalue weighted by Gasteiger charge is 2.18. The number of benzene rings is 12. The maximum atomic E-state index is 9.75. The van der Waals surface area contributed by atoms with Crippen LogP contribution in [-0.2, 0) is 0 Å². The Morgan fingerprint density at radius 1 is 0.316 bits per heavy atom. The highest BCUT2D eigenvalue weighted by molar-refractivity contribution is 6.27. The van der Waals surface area contributed by atoms with Gasteiger partial charge in [0, 0.05) is 16.5 Å². The first kappa shape index (κ1) is 18.9. The van der Waals surface area contributed by atoms with E-state index in [1.54, 1.807) is 18.2 Å². The minimum atomic E-state index is -0.594. The van der Waals surface area contributed by atoms with Crippen LogP contribution in [0.25, 0.3) is 126 Å². The van der Waals surface area contributed by atoms with Gasteiger partial charge in [0.2, 0.25) is 0 Å². The van der Waals surface area contributed by atoms with Gasteiger partial charge in [0.05, 0.1) is 34.3 Å². The molecule has 0 saturated carbocycles. The quantitative estimate of drug-likeness (QED) is 0.159. The van der Waals surface area contributed by atoms with Crippen molar-refractivity contribution in [2.75, 3.05) is 0 Å². The molecule has 1 aromatic heterocycles. The normalized spacial score (nSPS) is 16.4. The van der Waals surface area contributed by atoms with Crippen LogP contribution in [0.5, 0.6) is 0 Å². The zero-order valence-electron chi connectivity index (χ0n) is 46.7. The van der Waals surface area contributed by atoms with Crippen LogP contribution in [0.3, 0.4) is 0 Å².